The summed E-state index contributed by atoms with van der Waals surface area (Å²) < 4.78 is 1.69. The van der Waals surface area contributed by atoms with E-state index in [1.807, 2.05) is 13.8 Å². The van der Waals surface area contributed by atoms with Crippen LogP contribution in [0.5, 0.6) is 0 Å². The molecule has 1 saturated heterocycles. The van der Waals surface area contributed by atoms with Crippen LogP contribution in [0.4, 0.5) is 5.82 Å². The number of fused-ring (bicyclic) bond motifs is 1. The summed E-state index contributed by atoms with van der Waals surface area (Å²) in [5, 5.41) is 6.88. The lowest BCUT2D eigenvalue weighted by Gasteiger charge is -2.19. The Bertz CT molecular complexity index is 613. The second kappa shape index (κ2) is 6.14. The molecule has 2 unspecified atom stereocenters. The maximum absolute atomic E-state index is 12.4. The Morgan fingerprint density at radius 3 is 2.43 bits per heavy atom. The summed E-state index contributed by atoms with van der Waals surface area (Å²) in [6.45, 7) is 3.70. The van der Waals surface area contributed by atoms with Crippen molar-refractivity contribution in [2.45, 2.75) is 45.6 Å². The van der Waals surface area contributed by atoms with Gasteiger partial charge in [0.15, 0.2) is 0 Å². The highest BCUT2D eigenvalue weighted by atomic mass is 16.2. The molecule has 1 saturated carbocycles. The van der Waals surface area contributed by atoms with Crippen LogP contribution in [0.1, 0.15) is 45.6 Å². The first kappa shape index (κ1) is 15.7. The number of carbonyl (C=O) groups excluding carboxylic acids is 3. The van der Waals surface area contributed by atoms with E-state index in [9.17, 15) is 14.4 Å². The van der Waals surface area contributed by atoms with Crippen molar-refractivity contribution >= 4 is 23.5 Å². The van der Waals surface area contributed by atoms with Crippen LogP contribution in [0.3, 0.4) is 0 Å². The number of carbonyl (C=O) groups is 3. The van der Waals surface area contributed by atoms with E-state index in [4.69, 9.17) is 0 Å². The molecule has 2 aliphatic rings. The van der Waals surface area contributed by atoms with Gasteiger partial charge in [0.1, 0.15) is 12.4 Å². The maximum atomic E-state index is 12.4. The summed E-state index contributed by atoms with van der Waals surface area (Å²) in [6, 6.07) is 1.81. The molecule has 7 heteroatoms. The molecule has 1 aromatic heterocycles. The number of nitrogens with zero attached hydrogens (tertiary/aromatic N) is 3. The number of aromatic nitrogens is 2. The van der Waals surface area contributed by atoms with Crippen molar-refractivity contribution in [3.8, 4) is 0 Å². The van der Waals surface area contributed by atoms with Gasteiger partial charge in [0, 0.05) is 12.1 Å². The van der Waals surface area contributed by atoms with Crippen LogP contribution in [0.2, 0.25) is 0 Å². The van der Waals surface area contributed by atoms with Gasteiger partial charge in [-0.3, -0.25) is 19.3 Å². The molecule has 1 aliphatic carbocycles. The minimum absolute atomic E-state index is 0.109. The first-order valence-electron chi connectivity index (χ1n) is 8.17. The van der Waals surface area contributed by atoms with E-state index in [0.717, 1.165) is 30.6 Å². The Balaban J connectivity index is 1.67. The molecule has 23 heavy (non-hydrogen) atoms. The largest absolute Gasteiger partial charge is 0.309 e. The van der Waals surface area contributed by atoms with E-state index < -0.39 is 0 Å². The van der Waals surface area contributed by atoms with Crippen molar-refractivity contribution in [2.24, 2.45) is 11.8 Å². The molecular formula is C16H22N4O3. The van der Waals surface area contributed by atoms with E-state index in [0.29, 0.717) is 5.82 Å². The Morgan fingerprint density at radius 2 is 1.87 bits per heavy atom. The number of hydrogen-bond donors (Lipinski definition) is 1. The van der Waals surface area contributed by atoms with Gasteiger partial charge in [-0.2, -0.15) is 5.10 Å². The van der Waals surface area contributed by atoms with Crippen molar-refractivity contribution < 1.29 is 14.4 Å². The smallest absolute Gasteiger partial charge is 0.245 e. The van der Waals surface area contributed by atoms with Crippen molar-refractivity contribution in [2.75, 3.05) is 11.9 Å². The summed E-state index contributed by atoms with van der Waals surface area (Å²) in [4.78, 5) is 38.1. The highest BCUT2D eigenvalue weighted by Gasteiger charge is 2.48. The molecular weight excluding hydrogens is 296 g/mol. The van der Waals surface area contributed by atoms with Crippen LogP contribution < -0.4 is 5.32 Å². The van der Waals surface area contributed by atoms with Crippen LogP contribution in [0.25, 0.3) is 0 Å². The molecule has 1 N–H and O–H groups in total. The van der Waals surface area contributed by atoms with E-state index >= 15 is 0 Å². The standard InChI is InChI=1S/C16H22N4O3/c1-10(2)20-13(7-8-17-20)18-14(21)9-19-15(22)11-5-3-4-6-12(11)16(19)23/h7-8,10-12H,3-6,9H2,1-2H3,(H,18,21). The number of rotatable bonds is 4. The third kappa shape index (κ3) is 2.87. The normalized spacial score (nSPS) is 24.2. The lowest BCUT2D eigenvalue weighted by molar-refractivity contribution is -0.142. The minimum atomic E-state index is -0.368. The average molecular weight is 318 g/mol. The Kier molecular flexibility index (Phi) is 4.19. The summed E-state index contributed by atoms with van der Waals surface area (Å²) in [7, 11) is 0. The van der Waals surface area contributed by atoms with Crippen molar-refractivity contribution in [3.05, 3.63) is 12.3 Å². The van der Waals surface area contributed by atoms with Crippen LogP contribution in [0.15, 0.2) is 12.3 Å². The number of imide groups is 1. The molecule has 0 radical (unpaired) electrons. The monoisotopic (exact) mass is 318 g/mol. The number of hydrogen-bond acceptors (Lipinski definition) is 4. The molecule has 2 fully saturated rings. The van der Waals surface area contributed by atoms with Gasteiger partial charge in [-0.05, 0) is 26.7 Å². The number of anilines is 1. The molecule has 3 amide bonds. The third-order valence-corrected chi connectivity index (χ3v) is 4.66. The van der Waals surface area contributed by atoms with Gasteiger partial charge in [-0.1, -0.05) is 12.8 Å². The highest BCUT2D eigenvalue weighted by Crippen LogP contribution is 2.37. The molecule has 7 nitrogen and oxygen atoms in total. The number of nitrogens with one attached hydrogen (secondary N) is 1. The summed E-state index contributed by atoms with van der Waals surface area (Å²) in [6.07, 6.45) is 5.08. The minimum Gasteiger partial charge on any atom is -0.309 e. The fraction of sp³-hybridized carbons (Fsp3) is 0.625. The summed E-state index contributed by atoms with van der Waals surface area (Å²) >= 11 is 0. The van der Waals surface area contributed by atoms with Gasteiger partial charge >= 0.3 is 0 Å². The molecule has 2 atom stereocenters. The Hall–Kier alpha value is -2.18. The maximum Gasteiger partial charge on any atom is 0.245 e. The second-order valence-corrected chi connectivity index (χ2v) is 6.56. The predicted octanol–water partition coefficient (Wildman–Crippen LogP) is 1.58. The van der Waals surface area contributed by atoms with Crippen LogP contribution >= 0.6 is 0 Å². The molecule has 0 bridgehead atoms. The first-order valence-corrected chi connectivity index (χ1v) is 8.17. The summed E-state index contributed by atoms with van der Waals surface area (Å²) in [5.74, 6) is -0.607. The Morgan fingerprint density at radius 1 is 1.26 bits per heavy atom. The van der Waals surface area contributed by atoms with Crippen LogP contribution in [-0.4, -0.2) is 38.9 Å². The quantitative estimate of drug-likeness (QED) is 0.854. The molecule has 0 aromatic carbocycles. The highest BCUT2D eigenvalue weighted by molar-refractivity contribution is 6.08. The van der Waals surface area contributed by atoms with Crippen LogP contribution in [-0.2, 0) is 14.4 Å². The molecule has 3 rings (SSSR count). The van der Waals surface area contributed by atoms with Gasteiger partial charge in [0.25, 0.3) is 0 Å². The first-order chi connectivity index (χ1) is 11.0. The van der Waals surface area contributed by atoms with E-state index in [-0.39, 0.29) is 42.1 Å². The zero-order valence-electron chi connectivity index (χ0n) is 13.5. The Labute approximate surface area is 135 Å². The predicted molar refractivity (Wildman–Crippen MR) is 83.4 cm³/mol. The van der Waals surface area contributed by atoms with Gasteiger partial charge in [0.2, 0.25) is 17.7 Å². The molecule has 2 heterocycles. The zero-order chi connectivity index (χ0) is 16.6. The van der Waals surface area contributed by atoms with E-state index in [1.54, 1.807) is 16.9 Å². The average Bonchev–Trinajstić information content (AvgIpc) is 3.07. The molecule has 0 spiro atoms. The van der Waals surface area contributed by atoms with E-state index in [2.05, 4.69) is 10.4 Å². The lowest BCUT2D eigenvalue weighted by atomic mass is 9.81. The third-order valence-electron chi connectivity index (χ3n) is 4.66. The fourth-order valence-corrected chi connectivity index (χ4v) is 3.54. The zero-order valence-corrected chi connectivity index (χ0v) is 13.5. The SMILES string of the molecule is CC(C)n1nccc1NC(=O)CN1C(=O)C2CCCCC2C1=O. The topological polar surface area (TPSA) is 84.3 Å². The number of likely N-dealkylation sites (tertiary alicyclic amines) is 1. The lowest BCUT2D eigenvalue weighted by Crippen LogP contribution is -2.38. The molecule has 124 valence electrons. The molecule has 1 aromatic rings. The van der Waals surface area contributed by atoms with Gasteiger partial charge in [-0.15, -0.1) is 0 Å². The van der Waals surface area contributed by atoms with Crippen molar-refractivity contribution in [1.29, 1.82) is 0 Å². The fourth-order valence-electron chi connectivity index (χ4n) is 3.54. The second-order valence-electron chi connectivity index (χ2n) is 6.56. The van der Waals surface area contributed by atoms with E-state index in [1.165, 1.54) is 0 Å². The van der Waals surface area contributed by atoms with Gasteiger partial charge in [0.05, 0.1) is 18.0 Å². The van der Waals surface area contributed by atoms with Crippen LogP contribution in [0, 0.1) is 11.8 Å². The van der Waals surface area contributed by atoms with Crippen molar-refractivity contribution in [1.82, 2.24) is 14.7 Å². The number of amides is 3. The molecule has 1 aliphatic heterocycles. The van der Waals surface area contributed by atoms with Gasteiger partial charge in [-0.25, -0.2) is 4.68 Å². The van der Waals surface area contributed by atoms with Crippen molar-refractivity contribution in [3.63, 3.8) is 0 Å². The van der Waals surface area contributed by atoms with Gasteiger partial charge < -0.3 is 5.32 Å². The summed E-state index contributed by atoms with van der Waals surface area (Å²) in [5.41, 5.74) is 0.